The van der Waals surface area contributed by atoms with E-state index in [4.69, 9.17) is 18.0 Å². The molecule has 2 aliphatic rings. The summed E-state index contributed by atoms with van der Waals surface area (Å²) in [5, 5.41) is 0. The first-order chi connectivity index (χ1) is 9.49. The molecule has 1 aromatic rings. The van der Waals surface area contributed by atoms with E-state index < -0.39 is 0 Å². The van der Waals surface area contributed by atoms with E-state index in [2.05, 4.69) is 15.9 Å². The number of benzene rings is 1. The van der Waals surface area contributed by atoms with Crippen LogP contribution in [0.1, 0.15) is 24.8 Å². The summed E-state index contributed by atoms with van der Waals surface area (Å²) in [6.07, 6.45) is 2.33. The third kappa shape index (κ3) is 2.07. The lowest BCUT2D eigenvalue weighted by atomic mass is 9.96. The van der Waals surface area contributed by atoms with Crippen LogP contribution in [0.4, 0.5) is 5.69 Å². The van der Waals surface area contributed by atoms with E-state index in [1.165, 1.54) is 4.90 Å². The van der Waals surface area contributed by atoms with Gasteiger partial charge in [0, 0.05) is 21.9 Å². The number of fused-ring (bicyclic) bond motifs is 2. The van der Waals surface area contributed by atoms with Gasteiger partial charge in [-0.3, -0.25) is 9.59 Å². The normalized spacial score (nSPS) is 25.1. The number of amides is 2. The topological polar surface area (TPSA) is 63.4 Å². The number of hydrogen-bond acceptors (Lipinski definition) is 3. The Kier molecular flexibility index (Phi) is 3.38. The number of hydrogen-bond donors (Lipinski definition) is 1. The monoisotopic (exact) mass is 352 g/mol. The largest absolute Gasteiger partial charge is 0.389 e. The van der Waals surface area contributed by atoms with E-state index in [1.54, 1.807) is 18.2 Å². The maximum Gasteiger partial charge on any atom is 0.236 e. The van der Waals surface area contributed by atoms with Crippen LogP contribution in [-0.2, 0) is 9.59 Å². The molecule has 6 heteroatoms. The van der Waals surface area contributed by atoms with E-state index >= 15 is 0 Å². The van der Waals surface area contributed by atoms with Crippen molar-refractivity contribution >= 4 is 50.6 Å². The molecule has 2 bridgehead atoms. The molecule has 4 nitrogen and oxygen atoms in total. The van der Waals surface area contributed by atoms with Crippen molar-refractivity contribution in [3.05, 3.63) is 28.2 Å². The van der Waals surface area contributed by atoms with Crippen LogP contribution in [0.15, 0.2) is 22.7 Å². The number of carbonyl (C=O) groups is 2. The molecule has 2 unspecified atom stereocenters. The van der Waals surface area contributed by atoms with Crippen molar-refractivity contribution in [2.24, 2.45) is 17.6 Å². The van der Waals surface area contributed by atoms with E-state index in [1.807, 2.05) is 0 Å². The summed E-state index contributed by atoms with van der Waals surface area (Å²) in [5.74, 6) is -0.209. The Hall–Kier alpha value is -1.27. The zero-order valence-corrected chi connectivity index (χ0v) is 13.0. The minimum absolute atomic E-state index is 0.0140. The molecule has 2 atom stereocenters. The second kappa shape index (κ2) is 4.93. The van der Waals surface area contributed by atoms with Gasteiger partial charge >= 0.3 is 0 Å². The molecule has 3 rings (SSSR count). The van der Waals surface area contributed by atoms with E-state index in [-0.39, 0.29) is 28.6 Å². The van der Waals surface area contributed by atoms with Crippen molar-refractivity contribution in [3.8, 4) is 0 Å². The van der Waals surface area contributed by atoms with Gasteiger partial charge in [0.2, 0.25) is 11.8 Å². The fourth-order valence-corrected chi connectivity index (χ4v) is 3.67. The van der Waals surface area contributed by atoms with Crippen molar-refractivity contribution in [2.75, 3.05) is 4.90 Å². The zero-order chi connectivity index (χ0) is 14.4. The van der Waals surface area contributed by atoms with Gasteiger partial charge in [0.05, 0.1) is 5.69 Å². The highest BCUT2D eigenvalue weighted by Gasteiger charge is 2.46. The average molecular weight is 353 g/mol. The van der Waals surface area contributed by atoms with Crippen LogP contribution >= 0.6 is 28.1 Å². The Balaban J connectivity index is 2.02. The fourth-order valence-electron chi connectivity index (χ4n) is 2.98. The zero-order valence-electron chi connectivity index (χ0n) is 10.6. The number of nitrogens with two attached hydrogens (primary N) is 1. The quantitative estimate of drug-likeness (QED) is 0.655. The Morgan fingerprint density at radius 2 is 1.85 bits per heavy atom. The number of carbonyl (C=O) groups excluding carboxylic acids is 2. The second-order valence-corrected chi connectivity index (χ2v) is 6.54. The summed E-state index contributed by atoms with van der Waals surface area (Å²) in [7, 11) is 0. The maximum atomic E-state index is 12.4. The Morgan fingerprint density at radius 3 is 2.35 bits per heavy atom. The Bertz CT molecular complexity index is 610. The SMILES string of the molecule is NC(=S)c1ccc(N2C(=O)C3CCC(C3)C2=O)c(Br)c1. The van der Waals surface area contributed by atoms with Gasteiger partial charge in [0.25, 0.3) is 0 Å². The summed E-state index contributed by atoms with van der Waals surface area (Å²) in [6, 6.07) is 5.20. The van der Waals surface area contributed by atoms with Gasteiger partial charge in [-0.15, -0.1) is 0 Å². The highest BCUT2D eigenvalue weighted by molar-refractivity contribution is 9.10. The van der Waals surface area contributed by atoms with Gasteiger partial charge in [0.1, 0.15) is 4.99 Å². The Morgan fingerprint density at radius 1 is 1.25 bits per heavy atom. The molecule has 1 saturated carbocycles. The molecule has 0 radical (unpaired) electrons. The van der Waals surface area contributed by atoms with Gasteiger partial charge in [-0.05, 0) is 53.4 Å². The van der Waals surface area contributed by atoms with Crippen LogP contribution in [0.3, 0.4) is 0 Å². The van der Waals surface area contributed by atoms with Crippen LogP contribution in [-0.4, -0.2) is 16.8 Å². The summed E-state index contributed by atoms with van der Waals surface area (Å²) < 4.78 is 0.658. The number of nitrogens with zero attached hydrogens (tertiary/aromatic N) is 1. The molecule has 1 aromatic carbocycles. The van der Waals surface area contributed by atoms with Crippen molar-refractivity contribution in [3.63, 3.8) is 0 Å². The van der Waals surface area contributed by atoms with Crippen LogP contribution in [0.25, 0.3) is 0 Å². The fraction of sp³-hybridized carbons (Fsp3) is 0.357. The highest BCUT2D eigenvalue weighted by Crippen LogP contribution is 2.41. The number of thiocarbonyl (C=S) groups is 1. The first-order valence-electron chi connectivity index (χ1n) is 6.46. The molecular formula is C14H13BrN2O2S. The summed E-state index contributed by atoms with van der Waals surface area (Å²) in [4.78, 5) is 26.4. The van der Waals surface area contributed by atoms with E-state index in [0.29, 0.717) is 22.1 Å². The third-order valence-electron chi connectivity index (χ3n) is 4.04. The first kappa shape index (κ1) is 13.7. The number of anilines is 1. The molecule has 104 valence electrons. The maximum absolute atomic E-state index is 12.4. The van der Waals surface area contributed by atoms with Crippen LogP contribution < -0.4 is 10.6 Å². The lowest BCUT2D eigenvalue weighted by Gasteiger charge is -2.30. The lowest BCUT2D eigenvalue weighted by Crippen LogP contribution is -2.46. The van der Waals surface area contributed by atoms with Crippen LogP contribution in [0.5, 0.6) is 0 Å². The Labute approximate surface area is 130 Å². The highest BCUT2D eigenvalue weighted by atomic mass is 79.9. The predicted octanol–water partition coefficient (Wildman–Crippen LogP) is 2.37. The van der Waals surface area contributed by atoms with Gasteiger partial charge < -0.3 is 5.73 Å². The third-order valence-corrected chi connectivity index (χ3v) is 4.92. The van der Waals surface area contributed by atoms with Crippen molar-refractivity contribution in [1.82, 2.24) is 0 Å². The van der Waals surface area contributed by atoms with Gasteiger partial charge in [-0.25, -0.2) is 4.90 Å². The summed E-state index contributed by atoms with van der Waals surface area (Å²) >= 11 is 8.33. The smallest absolute Gasteiger partial charge is 0.236 e. The van der Waals surface area contributed by atoms with Crippen LogP contribution in [0, 0.1) is 11.8 Å². The van der Waals surface area contributed by atoms with Gasteiger partial charge in [-0.2, -0.15) is 0 Å². The number of piperidine rings is 1. The molecular weight excluding hydrogens is 340 g/mol. The summed E-state index contributed by atoms with van der Waals surface area (Å²) in [5.41, 5.74) is 6.87. The molecule has 1 saturated heterocycles. The van der Waals surface area contributed by atoms with Crippen molar-refractivity contribution in [1.29, 1.82) is 0 Å². The number of rotatable bonds is 2. The molecule has 2 amide bonds. The second-order valence-electron chi connectivity index (χ2n) is 5.25. The average Bonchev–Trinajstić information content (AvgIpc) is 2.85. The van der Waals surface area contributed by atoms with Gasteiger partial charge in [0.15, 0.2) is 0 Å². The summed E-state index contributed by atoms with van der Waals surface area (Å²) in [6.45, 7) is 0. The molecule has 0 spiro atoms. The van der Waals surface area contributed by atoms with Crippen molar-refractivity contribution in [2.45, 2.75) is 19.3 Å². The molecule has 20 heavy (non-hydrogen) atoms. The molecule has 1 aliphatic heterocycles. The minimum Gasteiger partial charge on any atom is -0.389 e. The van der Waals surface area contributed by atoms with E-state index in [9.17, 15) is 9.59 Å². The van der Waals surface area contributed by atoms with E-state index in [0.717, 1.165) is 12.8 Å². The van der Waals surface area contributed by atoms with Crippen molar-refractivity contribution < 1.29 is 9.59 Å². The number of halogens is 1. The number of imide groups is 1. The standard InChI is InChI=1S/C14H13BrN2O2S/c15-10-6-7(12(16)20)3-4-11(10)17-13(18)8-1-2-9(5-8)14(17)19/h3-4,6,8-9H,1-2,5H2,(H2,16,20). The molecule has 1 heterocycles. The molecule has 1 aliphatic carbocycles. The molecule has 0 aromatic heterocycles. The minimum atomic E-state index is -0.0903. The lowest BCUT2D eigenvalue weighted by molar-refractivity contribution is -0.133. The molecule has 2 fully saturated rings. The molecule has 2 N–H and O–H groups in total. The predicted molar refractivity (Wildman–Crippen MR) is 83.4 cm³/mol. The van der Waals surface area contributed by atoms with Gasteiger partial charge in [-0.1, -0.05) is 12.2 Å². The van der Waals surface area contributed by atoms with Crippen LogP contribution in [0.2, 0.25) is 0 Å². The first-order valence-corrected chi connectivity index (χ1v) is 7.66.